The summed E-state index contributed by atoms with van der Waals surface area (Å²) in [5, 5.41) is 14.2. The molecule has 128 valence electrons. The van der Waals surface area contributed by atoms with Gasteiger partial charge in [-0.05, 0) is 41.8 Å². The monoisotopic (exact) mass is 344 g/mol. The van der Waals surface area contributed by atoms with Crippen LogP contribution in [-0.2, 0) is 17.8 Å². The Morgan fingerprint density at radius 3 is 2.96 bits per heavy atom. The van der Waals surface area contributed by atoms with E-state index in [2.05, 4.69) is 34.5 Å². The maximum Gasteiger partial charge on any atom is 0.234 e. The zero-order chi connectivity index (χ0) is 16.8. The fourth-order valence-corrected chi connectivity index (χ4v) is 4.02. The van der Waals surface area contributed by atoms with E-state index >= 15 is 0 Å². The molecule has 2 N–H and O–H groups in total. The average Bonchev–Trinajstić information content (AvgIpc) is 3.26. The average molecular weight is 344 g/mol. The highest BCUT2D eigenvalue weighted by atomic mass is 32.1. The van der Waals surface area contributed by atoms with Crippen molar-refractivity contribution in [1.82, 2.24) is 10.2 Å². The molecule has 1 aromatic heterocycles. The van der Waals surface area contributed by atoms with Gasteiger partial charge in [0, 0.05) is 24.1 Å². The Hall–Kier alpha value is -1.69. The van der Waals surface area contributed by atoms with Crippen molar-refractivity contribution >= 4 is 17.2 Å². The van der Waals surface area contributed by atoms with Gasteiger partial charge in [-0.1, -0.05) is 30.3 Å². The summed E-state index contributed by atoms with van der Waals surface area (Å²) in [5.41, 5.74) is 2.72. The molecule has 5 heteroatoms. The van der Waals surface area contributed by atoms with E-state index in [4.69, 9.17) is 0 Å². The summed E-state index contributed by atoms with van der Waals surface area (Å²) in [6, 6.07) is 12.8. The first kappa shape index (κ1) is 17.1. The van der Waals surface area contributed by atoms with Gasteiger partial charge in [0.05, 0.1) is 13.1 Å². The van der Waals surface area contributed by atoms with E-state index in [9.17, 15) is 9.90 Å². The lowest BCUT2D eigenvalue weighted by Crippen LogP contribution is -2.39. The number of carbonyl (C=O) groups is 1. The summed E-state index contributed by atoms with van der Waals surface area (Å²) in [6.45, 7) is 1.86. The Kier molecular flexibility index (Phi) is 6.01. The molecule has 3 rings (SSSR count). The van der Waals surface area contributed by atoms with Crippen molar-refractivity contribution in [2.24, 2.45) is 0 Å². The van der Waals surface area contributed by atoms with Crippen LogP contribution in [0.15, 0.2) is 41.8 Å². The van der Waals surface area contributed by atoms with Crippen LogP contribution in [0.4, 0.5) is 0 Å². The largest absolute Gasteiger partial charge is 0.396 e. The van der Waals surface area contributed by atoms with Gasteiger partial charge in [-0.25, -0.2) is 0 Å². The number of hydrogen-bond acceptors (Lipinski definition) is 4. The van der Waals surface area contributed by atoms with Crippen LogP contribution in [0.25, 0.3) is 0 Å². The lowest BCUT2D eigenvalue weighted by molar-refractivity contribution is -0.123. The van der Waals surface area contributed by atoms with E-state index in [0.29, 0.717) is 19.5 Å². The quantitative estimate of drug-likeness (QED) is 0.774. The van der Waals surface area contributed by atoms with Crippen molar-refractivity contribution < 1.29 is 9.90 Å². The number of aliphatic hydroxyl groups is 1. The van der Waals surface area contributed by atoms with Crippen molar-refractivity contribution in [1.29, 1.82) is 0 Å². The van der Waals surface area contributed by atoms with Gasteiger partial charge in [0.15, 0.2) is 0 Å². The Bertz CT molecular complexity index is 657. The SMILES string of the molecule is O=C(CN(CCCO)C1CCc2ccccc21)NCc1cccs1. The highest BCUT2D eigenvalue weighted by Crippen LogP contribution is 2.35. The van der Waals surface area contributed by atoms with Crippen LogP contribution in [0.2, 0.25) is 0 Å². The Balaban J connectivity index is 1.62. The number of benzene rings is 1. The molecular weight excluding hydrogens is 320 g/mol. The molecule has 1 heterocycles. The topological polar surface area (TPSA) is 52.6 Å². The van der Waals surface area contributed by atoms with Gasteiger partial charge in [-0.2, -0.15) is 0 Å². The summed E-state index contributed by atoms with van der Waals surface area (Å²) in [6.07, 6.45) is 2.80. The third-order valence-electron chi connectivity index (χ3n) is 4.53. The fraction of sp³-hybridized carbons (Fsp3) is 0.421. The predicted molar refractivity (Wildman–Crippen MR) is 96.9 cm³/mol. The van der Waals surface area contributed by atoms with Crippen LogP contribution >= 0.6 is 11.3 Å². The number of nitrogens with one attached hydrogen (secondary N) is 1. The van der Waals surface area contributed by atoms with E-state index < -0.39 is 0 Å². The molecule has 1 aromatic carbocycles. The molecule has 4 nitrogen and oxygen atoms in total. The van der Waals surface area contributed by atoms with Crippen LogP contribution in [0.3, 0.4) is 0 Å². The number of rotatable bonds is 8. The molecule has 0 saturated carbocycles. The molecule has 24 heavy (non-hydrogen) atoms. The molecule has 0 spiro atoms. The second-order valence-electron chi connectivity index (χ2n) is 6.16. The van der Waals surface area contributed by atoms with Gasteiger partial charge in [-0.15, -0.1) is 11.3 Å². The molecule has 2 aromatic rings. The summed E-state index contributed by atoms with van der Waals surface area (Å²) < 4.78 is 0. The van der Waals surface area contributed by atoms with Crippen LogP contribution < -0.4 is 5.32 Å². The highest BCUT2D eigenvalue weighted by Gasteiger charge is 2.28. The molecule has 0 saturated heterocycles. The maximum atomic E-state index is 12.4. The minimum Gasteiger partial charge on any atom is -0.396 e. The summed E-state index contributed by atoms with van der Waals surface area (Å²) >= 11 is 1.65. The molecule has 0 fully saturated rings. The van der Waals surface area contributed by atoms with Gasteiger partial charge in [-0.3, -0.25) is 9.69 Å². The molecular formula is C19H24N2O2S. The number of aliphatic hydroxyl groups excluding tert-OH is 1. The third kappa shape index (κ3) is 4.23. The highest BCUT2D eigenvalue weighted by molar-refractivity contribution is 7.09. The van der Waals surface area contributed by atoms with Gasteiger partial charge in [0.2, 0.25) is 5.91 Å². The second-order valence-corrected chi connectivity index (χ2v) is 7.19. The van der Waals surface area contributed by atoms with Gasteiger partial charge in [0.1, 0.15) is 0 Å². The first-order chi connectivity index (χ1) is 11.8. The van der Waals surface area contributed by atoms with E-state index in [-0.39, 0.29) is 18.6 Å². The van der Waals surface area contributed by atoms with Crippen molar-refractivity contribution in [2.45, 2.75) is 31.8 Å². The van der Waals surface area contributed by atoms with Crippen molar-refractivity contribution in [3.05, 3.63) is 57.8 Å². The number of carbonyl (C=O) groups excluding carboxylic acids is 1. The predicted octanol–water partition coefficient (Wildman–Crippen LogP) is 2.74. The number of amides is 1. The summed E-state index contributed by atoms with van der Waals surface area (Å²) in [7, 11) is 0. The molecule has 1 atom stereocenters. The molecule has 1 amide bonds. The molecule has 0 aliphatic heterocycles. The van der Waals surface area contributed by atoms with Gasteiger partial charge >= 0.3 is 0 Å². The molecule has 1 unspecified atom stereocenters. The van der Waals surface area contributed by atoms with E-state index in [1.807, 2.05) is 17.5 Å². The van der Waals surface area contributed by atoms with Crippen molar-refractivity contribution in [3.63, 3.8) is 0 Å². The lowest BCUT2D eigenvalue weighted by Gasteiger charge is -2.29. The summed E-state index contributed by atoms with van der Waals surface area (Å²) in [5.74, 6) is 0.0470. The standard InChI is InChI=1S/C19H24N2O2S/c22-11-4-10-21(14-19(23)20-13-16-6-3-12-24-16)18-9-8-15-5-1-2-7-17(15)18/h1-3,5-7,12,18,22H,4,8-11,13-14H2,(H,20,23). The number of nitrogens with zero attached hydrogens (tertiary/aromatic N) is 1. The third-order valence-corrected chi connectivity index (χ3v) is 5.41. The lowest BCUT2D eigenvalue weighted by atomic mass is 10.1. The number of thiophene rings is 1. The fourth-order valence-electron chi connectivity index (χ4n) is 3.37. The van der Waals surface area contributed by atoms with E-state index in [1.165, 1.54) is 11.1 Å². The Morgan fingerprint density at radius 1 is 1.29 bits per heavy atom. The van der Waals surface area contributed by atoms with Crippen LogP contribution in [-0.4, -0.2) is 35.6 Å². The molecule has 1 aliphatic rings. The summed E-state index contributed by atoms with van der Waals surface area (Å²) in [4.78, 5) is 15.7. The minimum atomic E-state index is 0.0470. The Morgan fingerprint density at radius 2 is 2.17 bits per heavy atom. The van der Waals surface area contributed by atoms with Crippen molar-refractivity contribution in [2.75, 3.05) is 19.7 Å². The number of aryl methyl sites for hydroxylation is 1. The van der Waals surface area contributed by atoms with Gasteiger partial charge in [0.25, 0.3) is 0 Å². The van der Waals surface area contributed by atoms with E-state index in [1.54, 1.807) is 11.3 Å². The normalized spacial score (nSPS) is 16.3. The Labute approximate surface area is 147 Å². The number of fused-ring (bicyclic) bond motifs is 1. The van der Waals surface area contributed by atoms with E-state index in [0.717, 1.165) is 24.3 Å². The second kappa shape index (κ2) is 8.42. The molecule has 1 aliphatic carbocycles. The zero-order valence-corrected chi connectivity index (χ0v) is 14.6. The number of hydrogen-bond donors (Lipinski definition) is 2. The molecule has 0 bridgehead atoms. The van der Waals surface area contributed by atoms with Crippen molar-refractivity contribution in [3.8, 4) is 0 Å². The minimum absolute atomic E-state index is 0.0470. The first-order valence-electron chi connectivity index (χ1n) is 8.49. The zero-order valence-electron chi connectivity index (χ0n) is 13.8. The maximum absolute atomic E-state index is 12.4. The van der Waals surface area contributed by atoms with Crippen LogP contribution in [0.5, 0.6) is 0 Å². The van der Waals surface area contributed by atoms with Crippen LogP contribution in [0.1, 0.15) is 34.9 Å². The molecule has 0 radical (unpaired) electrons. The smallest absolute Gasteiger partial charge is 0.234 e. The van der Waals surface area contributed by atoms with Crippen LogP contribution in [0, 0.1) is 0 Å². The van der Waals surface area contributed by atoms with Gasteiger partial charge < -0.3 is 10.4 Å². The first-order valence-corrected chi connectivity index (χ1v) is 9.37.